The number of nitrogens with zero attached hydrogens (tertiary/aromatic N) is 2. The predicted octanol–water partition coefficient (Wildman–Crippen LogP) is 2.38. The highest BCUT2D eigenvalue weighted by Gasteiger charge is 1.96. The van der Waals surface area contributed by atoms with Crippen LogP contribution in [0.2, 0.25) is 0 Å². The molecule has 13 heavy (non-hydrogen) atoms. The highest BCUT2D eigenvalue weighted by atomic mass is 15.1. The van der Waals surface area contributed by atoms with Gasteiger partial charge in [0.1, 0.15) is 0 Å². The van der Waals surface area contributed by atoms with Crippen LogP contribution in [0.5, 0.6) is 0 Å². The Balaban J connectivity index is 2.54. The first-order valence-electron chi connectivity index (χ1n) is 4.20. The molecule has 0 spiro atoms. The molecule has 2 aromatic heterocycles. The van der Waals surface area contributed by atoms with Gasteiger partial charge < -0.3 is 0 Å². The zero-order valence-electron chi connectivity index (χ0n) is 7.70. The summed E-state index contributed by atoms with van der Waals surface area (Å²) < 4.78 is 0. The number of aromatic amines is 1. The van der Waals surface area contributed by atoms with E-state index in [1.807, 2.05) is 6.20 Å². The number of hydrogen-bond donors (Lipinski definition) is 1. The quantitative estimate of drug-likeness (QED) is 0.719. The van der Waals surface area contributed by atoms with Gasteiger partial charge in [-0.15, -0.1) is 0 Å². The van der Waals surface area contributed by atoms with Gasteiger partial charge in [-0.25, -0.2) is 4.98 Å². The van der Waals surface area contributed by atoms with Crippen LogP contribution in [-0.2, 0) is 0 Å². The second kappa shape index (κ2) is 3.01. The van der Waals surface area contributed by atoms with Gasteiger partial charge in [-0.1, -0.05) is 11.6 Å². The van der Waals surface area contributed by atoms with E-state index in [1.54, 1.807) is 6.20 Å². The Hall–Kier alpha value is -1.64. The average Bonchev–Trinajstić information content (AvgIpc) is 2.49. The van der Waals surface area contributed by atoms with Crippen LogP contribution in [0.4, 0.5) is 0 Å². The molecule has 3 nitrogen and oxygen atoms in total. The Kier molecular flexibility index (Phi) is 1.85. The summed E-state index contributed by atoms with van der Waals surface area (Å²) >= 11 is 0. The van der Waals surface area contributed by atoms with E-state index in [1.165, 1.54) is 5.57 Å². The van der Waals surface area contributed by atoms with Gasteiger partial charge >= 0.3 is 0 Å². The smallest absolute Gasteiger partial charge is 0.155 e. The monoisotopic (exact) mass is 173 g/mol. The third kappa shape index (κ3) is 1.59. The lowest BCUT2D eigenvalue weighted by Crippen LogP contribution is -1.79. The molecule has 66 valence electrons. The van der Waals surface area contributed by atoms with Crippen molar-refractivity contribution in [1.29, 1.82) is 0 Å². The molecule has 0 aliphatic carbocycles. The van der Waals surface area contributed by atoms with Gasteiger partial charge in [-0.05, 0) is 25.5 Å². The maximum absolute atomic E-state index is 4.23. The molecule has 0 aliphatic rings. The second-order valence-corrected chi connectivity index (χ2v) is 3.30. The minimum atomic E-state index is 0.839. The number of fused-ring (bicyclic) bond motifs is 1. The Bertz CT molecular complexity index is 450. The molecule has 0 atom stereocenters. The number of nitrogens with one attached hydrogen (secondary N) is 1. The van der Waals surface area contributed by atoms with E-state index in [9.17, 15) is 0 Å². The zero-order chi connectivity index (χ0) is 9.26. The van der Waals surface area contributed by atoms with Crippen molar-refractivity contribution < 1.29 is 0 Å². The molecule has 1 N–H and O–H groups in total. The minimum Gasteiger partial charge on any atom is -0.261 e. The van der Waals surface area contributed by atoms with E-state index < -0.39 is 0 Å². The molecular formula is C10H11N3. The summed E-state index contributed by atoms with van der Waals surface area (Å²) in [6.07, 6.45) is 5.72. The van der Waals surface area contributed by atoms with Crippen LogP contribution < -0.4 is 0 Å². The standard InChI is InChI=1S/C10H11N3/c1-7(2)3-8-4-9-6-12-13-10(9)11-5-8/h3-6H,1-2H3,(H,11,12,13). The Labute approximate surface area is 76.5 Å². The maximum atomic E-state index is 4.23. The molecule has 3 heteroatoms. The van der Waals surface area contributed by atoms with E-state index in [0.29, 0.717) is 0 Å². The molecule has 0 saturated carbocycles. The van der Waals surface area contributed by atoms with Gasteiger partial charge in [0.2, 0.25) is 0 Å². The summed E-state index contributed by atoms with van der Waals surface area (Å²) in [6, 6.07) is 2.07. The number of allylic oxidation sites excluding steroid dienone is 1. The van der Waals surface area contributed by atoms with Gasteiger partial charge in [-0.3, -0.25) is 5.10 Å². The first kappa shape index (κ1) is 7.98. The third-order valence-electron chi connectivity index (χ3n) is 1.77. The van der Waals surface area contributed by atoms with Crippen molar-refractivity contribution >= 4 is 17.1 Å². The number of rotatable bonds is 1. The lowest BCUT2D eigenvalue weighted by atomic mass is 10.2. The molecule has 0 aromatic carbocycles. The van der Waals surface area contributed by atoms with Crippen molar-refractivity contribution in [2.75, 3.05) is 0 Å². The van der Waals surface area contributed by atoms with Crippen LogP contribution in [-0.4, -0.2) is 15.2 Å². The zero-order valence-corrected chi connectivity index (χ0v) is 7.70. The van der Waals surface area contributed by atoms with Crippen LogP contribution in [0.1, 0.15) is 19.4 Å². The minimum absolute atomic E-state index is 0.839. The van der Waals surface area contributed by atoms with Crippen LogP contribution in [0.3, 0.4) is 0 Å². The van der Waals surface area contributed by atoms with E-state index in [0.717, 1.165) is 16.6 Å². The topological polar surface area (TPSA) is 41.6 Å². The fourth-order valence-electron chi connectivity index (χ4n) is 1.27. The molecule has 0 amide bonds. The SMILES string of the molecule is CC(C)=Cc1cnc2[nH]ncc2c1. The summed E-state index contributed by atoms with van der Waals surface area (Å²) in [6.45, 7) is 4.14. The molecule has 2 aromatic rings. The summed E-state index contributed by atoms with van der Waals surface area (Å²) in [5, 5.41) is 7.78. The molecule has 0 bridgehead atoms. The van der Waals surface area contributed by atoms with Gasteiger partial charge in [0.25, 0.3) is 0 Å². The lowest BCUT2D eigenvalue weighted by Gasteiger charge is -1.93. The molecule has 0 saturated heterocycles. The van der Waals surface area contributed by atoms with Crippen LogP contribution >= 0.6 is 0 Å². The summed E-state index contributed by atoms with van der Waals surface area (Å²) in [5.74, 6) is 0. The molecule has 0 fully saturated rings. The van der Waals surface area contributed by atoms with Crippen molar-refractivity contribution in [2.24, 2.45) is 0 Å². The maximum Gasteiger partial charge on any atom is 0.155 e. The number of H-pyrrole nitrogens is 1. The first-order valence-corrected chi connectivity index (χ1v) is 4.20. The van der Waals surface area contributed by atoms with Crippen molar-refractivity contribution in [3.8, 4) is 0 Å². The van der Waals surface area contributed by atoms with E-state index in [2.05, 4.69) is 41.2 Å². The molecule has 0 radical (unpaired) electrons. The summed E-state index contributed by atoms with van der Waals surface area (Å²) in [7, 11) is 0. The Morgan fingerprint density at radius 3 is 3.00 bits per heavy atom. The van der Waals surface area contributed by atoms with Gasteiger partial charge in [-0.2, -0.15) is 5.10 Å². The predicted molar refractivity (Wildman–Crippen MR) is 53.2 cm³/mol. The lowest BCUT2D eigenvalue weighted by molar-refractivity contribution is 1.10. The fraction of sp³-hybridized carbons (Fsp3) is 0.200. The van der Waals surface area contributed by atoms with Crippen molar-refractivity contribution in [3.05, 3.63) is 29.6 Å². The molecular weight excluding hydrogens is 162 g/mol. The van der Waals surface area contributed by atoms with Crippen LogP contribution in [0.25, 0.3) is 17.1 Å². The third-order valence-corrected chi connectivity index (χ3v) is 1.77. The Morgan fingerprint density at radius 1 is 1.38 bits per heavy atom. The van der Waals surface area contributed by atoms with Gasteiger partial charge in [0.15, 0.2) is 5.65 Å². The largest absolute Gasteiger partial charge is 0.261 e. The average molecular weight is 173 g/mol. The van der Waals surface area contributed by atoms with E-state index in [-0.39, 0.29) is 0 Å². The normalized spacial score (nSPS) is 10.3. The Morgan fingerprint density at radius 2 is 2.23 bits per heavy atom. The van der Waals surface area contributed by atoms with Gasteiger partial charge in [0.05, 0.1) is 6.20 Å². The number of hydrogen-bond acceptors (Lipinski definition) is 2. The van der Waals surface area contributed by atoms with Crippen LogP contribution in [0.15, 0.2) is 24.0 Å². The molecule has 2 rings (SSSR count). The molecule has 0 unspecified atom stereocenters. The van der Waals surface area contributed by atoms with Gasteiger partial charge in [0, 0.05) is 11.6 Å². The highest BCUT2D eigenvalue weighted by molar-refractivity contribution is 5.76. The highest BCUT2D eigenvalue weighted by Crippen LogP contribution is 2.12. The second-order valence-electron chi connectivity index (χ2n) is 3.30. The van der Waals surface area contributed by atoms with E-state index in [4.69, 9.17) is 0 Å². The number of pyridine rings is 1. The fourth-order valence-corrected chi connectivity index (χ4v) is 1.27. The van der Waals surface area contributed by atoms with Crippen LogP contribution in [0, 0.1) is 0 Å². The summed E-state index contributed by atoms with van der Waals surface area (Å²) in [4.78, 5) is 4.23. The summed E-state index contributed by atoms with van der Waals surface area (Å²) in [5.41, 5.74) is 3.23. The van der Waals surface area contributed by atoms with E-state index >= 15 is 0 Å². The number of aromatic nitrogens is 3. The van der Waals surface area contributed by atoms with Crippen molar-refractivity contribution in [3.63, 3.8) is 0 Å². The van der Waals surface area contributed by atoms with Crippen molar-refractivity contribution in [1.82, 2.24) is 15.2 Å². The molecule has 0 aliphatic heterocycles. The first-order chi connectivity index (χ1) is 6.25. The molecule has 2 heterocycles. The van der Waals surface area contributed by atoms with Crippen molar-refractivity contribution in [2.45, 2.75) is 13.8 Å².